The molecule has 0 bridgehead atoms. The molecule has 1 aliphatic rings. The van der Waals surface area contributed by atoms with Gasteiger partial charge in [-0.2, -0.15) is 0 Å². The standard InChI is InChI=1S/C13H17NO2/c1-8(2)14-7-10(13(15)16)12-9(3)5-4-6-11(12)14/h4-6,8,10H,7H2,1-3H3,(H,15,16). The van der Waals surface area contributed by atoms with E-state index in [0.29, 0.717) is 12.6 Å². The second kappa shape index (κ2) is 3.81. The van der Waals surface area contributed by atoms with Crippen LogP contribution in [0.4, 0.5) is 5.69 Å². The van der Waals surface area contributed by atoms with Crippen LogP contribution in [-0.4, -0.2) is 23.7 Å². The molecule has 3 heteroatoms. The molecule has 0 amide bonds. The Balaban J connectivity index is 2.53. The molecular formula is C13H17NO2. The number of carboxylic acids is 1. The topological polar surface area (TPSA) is 40.5 Å². The summed E-state index contributed by atoms with van der Waals surface area (Å²) >= 11 is 0. The predicted octanol–water partition coefficient (Wildman–Crippen LogP) is 2.39. The van der Waals surface area contributed by atoms with Crippen molar-refractivity contribution < 1.29 is 9.90 Å². The highest BCUT2D eigenvalue weighted by molar-refractivity contribution is 5.84. The van der Waals surface area contributed by atoms with Crippen molar-refractivity contribution in [2.45, 2.75) is 32.7 Å². The summed E-state index contributed by atoms with van der Waals surface area (Å²) < 4.78 is 0. The summed E-state index contributed by atoms with van der Waals surface area (Å²) in [5, 5.41) is 9.26. The van der Waals surface area contributed by atoms with E-state index < -0.39 is 5.97 Å². The van der Waals surface area contributed by atoms with Gasteiger partial charge in [0.25, 0.3) is 0 Å². The van der Waals surface area contributed by atoms with Crippen LogP contribution in [0.25, 0.3) is 0 Å². The number of carbonyl (C=O) groups is 1. The first-order chi connectivity index (χ1) is 7.52. The first-order valence-electron chi connectivity index (χ1n) is 5.61. The Bertz CT molecular complexity index is 426. The fourth-order valence-electron chi connectivity index (χ4n) is 2.45. The van der Waals surface area contributed by atoms with Gasteiger partial charge in [-0.3, -0.25) is 4.79 Å². The third-order valence-corrected chi connectivity index (χ3v) is 3.26. The number of aliphatic carboxylic acids is 1. The van der Waals surface area contributed by atoms with E-state index in [4.69, 9.17) is 0 Å². The van der Waals surface area contributed by atoms with E-state index in [2.05, 4.69) is 18.7 Å². The molecule has 1 aromatic rings. The Morgan fingerprint density at radius 2 is 2.19 bits per heavy atom. The maximum Gasteiger partial charge on any atom is 0.312 e. The van der Waals surface area contributed by atoms with Crippen molar-refractivity contribution in [1.82, 2.24) is 0 Å². The van der Waals surface area contributed by atoms with Crippen molar-refractivity contribution >= 4 is 11.7 Å². The number of rotatable bonds is 2. The predicted molar refractivity (Wildman–Crippen MR) is 64.0 cm³/mol. The Morgan fingerprint density at radius 3 is 2.75 bits per heavy atom. The fraction of sp³-hybridized carbons (Fsp3) is 0.462. The molecule has 0 aliphatic carbocycles. The van der Waals surface area contributed by atoms with E-state index in [-0.39, 0.29) is 5.92 Å². The van der Waals surface area contributed by atoms with Gasteiger partial charge in [-0.25, -0.2) is 0 Å². The smallest absolute Gasteiger partial charge is 0.312 e. The van der Waals surface area contributed by atoms with Crippen molar-refractivity contribution in [1.29, 1.82) is 0 Å². The van der Waals surface area contributed by atoms with Gasteiger partial charge in [0.15, 0.2) is 0 Å². The van der Waals surface area contributed by atoms with E-state index in [1.165, 1.54) is 0 Å². The lowest BCUT2D eigenvalue weighted by molar-refractivity contribution is -0.138. The molecule has 0 saturated heterocycles. The van der Waals surface area contributed by atoms with E-state index in [0.717, 1.165) is 16.8 Å². The van der Waals surface area contributed by atoms with E-state index in [9.17, 15) is 9.90 Å². The zero-order valence-electron chi connectivity index (χ0n) is 9.90. The SMILES string of the molecule is Cc1cccc2c1C(C(=O)O)CN2C(C)C. The summed E-state index contributed by atoms with van der Waals surface area (Å²) in [6.07, 6.45) is 0. The summed E-state index contributed by atoms with van der Waals surface area (Å²) in [5.74, 6) is -1.10. The molecule has 1 N–H and O–H groups in total. The maximum absolute atomic E-state index is 11.3. The number of benzene rings is 1. The molecule has 2 rings (SSSR count). The van der Waals surface area contributed by atoms with Crippen molar-refractivity contribution in [2.24, 2.45) is 0 Å². The summed E-state index contributed by atoms with van der Waals surface area (Å²) in [5.41, 5.74) is 3.15. The van der Waals surface area contributed by atoms with Crippen LogP contribution in [0.2, 0.25) is 0 Å². The van der Waals surface area contributed by atoms with Crippen LogP contribution in [-0.2, 0) is 4.79 Å². The molecule has 0 radical (unpaired) electrons. The van der Waals surface area contributed by atoms with Gasteiger partial charge in [0, 0.05) is 18.3 Å². The van der Waals surface area contributed by atoms with Gasteiger partial charge in [0.2, 0.25) is 0 Å². The van der Waals surface area contributed by atoms with Gasteiger partial charge < -0.3 is 10.0 Å². The van der Waals surface area contributed by atoms with E-state index in [1.54, 1.807) is 0 Å². The minimum atomic E-state index is -0.723. The summed E-state index contributed by atoms with van der Waals surface area (Å²) in [6, 6.07) is 6.34. The fourth-order valence-corrected chi connectivity index (χ4v) is 2.45. The molecule has 1 atom stereocenters. The van der Waals surface area contributed by atoms with Crippen molar-refractivity contribution in [3.8, 4) is 0 Å². The molecule has 1 aromatic carbocycles. The van der Waals surface area contributed by atoms with Gasteiger partial charge in [0.1, 0.15) is 5.92 Å². The summed E-state index contributed by atoms with van der Waals surface area (Å²) in [7, 11) is 0. The summed E-state index contributed by atoms with van der Waals surface area (Å²) in [4.78, 5) is 13.4. The lowest BCUT2D eigenvalue weighted by Gasteiger charge is -2.24. The molecule has 86 valence electrons. The highest BCUT2D eigenvalue weighted by Crippen LogP contribution is 2.39. The van der Waals surface area contributed by atoms with Gasteiger partial charge in [-0.1, -0.05) is 12.1 Å². The second-order valence-electron chi connectivity index (χ2n) is 4.64. The van der Waals surface area contributed by atoms with Crippen LogP contribution >= 0.6 is 0 Å². The molecule has 1 heterocycles. The van der Waals surface area contributed by atoms with E-state index in [1.807, 2.05) is 25.1 Å². The van der Waals surface area contributed by atoms with Crippen LogP contribution < -0.4 is 4.90 Å². The van der Waals surface area contributed by atoms with Crippen LogP contribution in [0, 0.1) is 6.92 Å². The largest absolute Gasteiger partial charge is 0.481 e. The number of nitrogens with zero attached hydrogens (tertiary/aromatic N) is 1. The Kier molecular flexibility index (Phi) is 2.62. The summed E-state index contributed by atoms with van der Waals surface area (Å²) in [6.45, 7) is 6.76. The Hall–Kier alpha value is -1.51. The number of hydrogen-bond acceptors (Lipinski definition) is 2. The van der Waals surface area contributed by atoms with Crippen LogP contribution in [0.3, 0.4) is 0 Å². The number of fused-ring (bicyclic) bond motifs is 1. The number of anilines is 1. The lowest BCUT2D eigenvalue weighted by atomic mass is 9.97. The zero-order valence-corrected chi connectivity index (χ0v) is 9.90. The highest BCUT2D eigenvalue weighted by Gasteiger charge is 2.35. The lowest BCUT2D eigenvalue weighted by Crippen LogP contribution is -2.30. The Labute approximate surface area is 95.7 Å². The van der Waals surface area contributed by atoms with Crippen molar-refractivity contribution in [3.63, 3.8) is 0 Å². The molecule has 16 heavy (non-hydrogen) atoms. The number of carboxylic acid groups (broad SMARTS) is 1. The van der Waals surface area contributed by atoms with Gasteiger partial charge >= 0.3 is 5.97 Å². The first-order valence-corrected chi connectivity index (χ1v) is 5.61. The molecular weight excluding hydrogens is 202 g/mol. The third-order valence-electron chi connectivity index (χ3n) is 3.26. The maximum atomic E-state index is 11.3. The van der Waals surface area contributed by atoms with Crippen LogP contribution in [0.15, 0.2) is 18.2 Å². The molecule has 0 fully saturated rings. The Morgan fingerprint density at radius 1 is 1.50 bits per heavy atom. The van der Waals surface area contributed by atoms with E-state index >= 15 is 0 Å². The quantitative estimate of drug-likeness (QED) is 0.830. The zero-order chi connectivity index (χ0) is 11.9. The molecule has 1 aliphatic heterocycles. The average molecular weight is 219 g/mol. The first kappa shape index (κ1) is 11.0. The monoisotopic (exact) mass is 219 g/mol. The number of aryl methyl sites for hydroxylation is 1. The van der Waals surface area contributed by atoms with Crippen LogP contribution in [0.1, 0.15) is 30.9 Å². The van der Waals surface area contributed by atoms with Crippen molar-refractivity contribution in [3.05, 3.63) is 29.3 Å². The molecule has 1 unspecified atom stereocenters. The average Bonchev–Trinajstić information content (AvgIpc) is 2.58. The van der Waals surface area contributed by atoms with Crippen molar-refractivity contribution in [2.75, 3.05) is 11.4 Å². The minimum absolute atomic E-state index is 0.338. The van der Waals surface area contributed by atoms with Gasteiger partial charge in [0.05, 0.1) is 0 Å². The van der Waals surface area contributed by atoms with Crippen LogP contribution in [0.5, 0.6) is 0 Å². The molecule has 3 nitrogen and oxygen atoms in total. The molecule has 0 saturated carbocycles. The number of hydrogen-bond donors (Lipinski definition) is 1. The van der Waals surface area contributed by atoms with Gasteiger partial charge in [-0.15, -0.1) is 0 Å². The molecule has 0 spiro atoms. The second-order valence-corrected chi connectivity index (χ2v) is 4.64. The third kappa shape index (κ3) is 1.56. The normalized spacial score (nSPS) is 19.0. The minimum Gasteiger partial charge on any atom is -0.481 e. The van der Waals surface area contributed by atoms with Gasteiger partial charge in [-0.05, 0) is 38.0 Å². The highest BCUT2D eigenvalue weighted by atomic mass is 16.4. The molecule has 0 aromatic heterocycles.